The van der Waals surface area contributed by atoms with Crippen molar-refractivity contribution >= 4 is 0 Å². The molecule has 0 radical (unpaired) electrons. The van der Waals surface area contributed by atoms with Crippen LogP contribution in [0.1, 0.15) is 66.8 Å². The van der Waals surface area contributed by atoms with Crippen LogP contribution in [0.15, 0.2) is 72.8 Å². The lowest BCUT2D eigenvalue weighted by molar-refractivity contribution is 0.916. The fraction of sp³-hybridized carbons (Fsp3) is 0.200. The Labute approximate surface area is 239 Å². The highest BCUT2D eigenvalue weighted by molar-refractivity contribution is 5.48. The maximum absolute atomic E-state index is 5.64. The van der Waals surface area contributed by atoms with E-state index in [-0.39, 0.29) is 0 Å². The van der Waals surface area contributed by atoms with E-state index in [1.807, 2.05) is 0 Å². The zero-order valence-electron chi connectivity index (χ0n) is 22.9. The number of benzene rings is 4. The molecule has 0 fully saturated rings. The minimum atomic E-state index is 0.961. The summed E-state index contributed by atoms with van der Waals surface area (Å²) in [6, 6.07) is 26.1. The monoisotopic (exact) mass is 512 g/mol. The van der Waals surface area contributed by atoms with Crippen molar-refractivity contribution in [2.75, 3.05) is 0 Å². The topological polar surface area (TPSA) is 0 Å². The van der Waals surface area contributed by atoms with Crippen LogP contribution in [-0.4, -0.2) is 0 Å². The Hall–Kier alpha value is -4.88. The van der Waals surface area contributed by atoms with Crippen LogP contribution in [0.3, 0.4) is 0 Å². The van der Waals surface area contributed by atoms with E-state index >= 15 is 0 Å². The molecule has 0 spiro atoms. The number of terminal acetylenes is 4. The fourth-order valence-corrected chi connectivity index (χ4v) is 5.64. The SMILES string of the molecule is C#Cc1cc2ccc1CCc1ccc(c(C#C)c1)CC2.C#Cc1cc2ccc1CCc1ccc(c(C#C)c1)CC2. The maximum atomic E-state index is 5.64. The molecule has 0 nitrogen and oxygen atoms in total. The van der Waals surface area contributed by atoms with Crippen LogP contribution in [0.4, 0.5) is 0 Å². The summed E-state index contributed by atoms with van der Waals surface area (Å²) in [6.07, 6.45) is 30.3. The van der Waals surface area contributed by atoms with Crippen molar-refractivity contribution in [1.82, 2.24) is 0 Å². The van der Waals surface area contributed by atoms with Crippen LogP contribution in [-0.2, 0) is 51.4 Å². The lowest BCUT2D eigenvalue weighted by Crippen LogP contribution is -2.02. The summed E-state index contributed by atoms with van der Waals surface area (Å²) < 4.78 is 0. The van der Waals surface area contributed by atoms with E-state index < -0.39 is 0 Å². The Morgan fingerprint density at radius 1 is 0.325 bits per heavy atom. The summed E-state index contributed by atoms with van der Waals surface area (Å²) in [5.41, 5.74) is 14.3. The standard InChI is InChI=1S/2C20H16/c2*1-3-17-13-15-5-9-19(17)11-7-16-6-10-20(12-8-15)18(4-2)14-16/h2*1-2,5-6,9-10,13-14H,7-8,11-12H2. The molecule has 40 heavy (non-hydrogen) atoms. The van der Waals surface area contributed by atoms with E-state index in [1.165, 1.54) is 44.5 Å². The molecule has 8 aliphatic carbocycles. The van der Waals surface area contributed by atoms with Gasteiger partial charge >= 0.3 is 0 Å². The van der Waals surface area contributed by atoms with Crippen molar-refractivity contribution < 1.29 is 0 Å². The van der Waals surface area contributed by atoms with Gasteiger partial charge in [0.05, 0.1) is 0 Å². The van der Waals surface area contributed by atoms with E-state index in [4.69, 9.17) is 25.7 Å². The smallest absolute Gasteiger partial charge is 0.0277 e. The van der Waals surface area contributed by atoms with E-state index in [2.05, 4.69) is 96.5 Å². The van der Waals surface area contributed by atoms with Crippen LogP contribution in [0.2, 0.25) is 0 Å². The number of rotatable bonds is 0. The van der Waals surface area contributed by atoms with E-state index in [0.29, 0.717) is 0 Å². The van der Waals surface area contributed by atoms with Crippen molar-refractivity contribution in [3.8, 4) is 49.4 Å². The van der Waals surface area contributed by atoms with Crippen LogP contribution in [0, 0.1) is 49.4 Å². The van der Waals surface area contributed by atoms with Gasteiger partial charge in [-0.3, -0.25) is 0 Å². The van der Waals surface area contributed by atoms with Gasteiger partial charge in [0, 0.05) is 22.3 Å². The minimum Gasteiger partial charge on any atom is -0.115 e. The Balaban J connectivity index is 0.000000161. The average molecular weight is 513 g/mol. The molecule has 0 saturated carbocycles. The zero-order valence-corrected chi connectivity index (χ0v) is 22.9. The summed E-state index contributed by atoms with van der Waals surface area (Å²) in [6.45, 7) is 0. The Morgan fingerprint density at radius 3 is 0.750 bits per heavy atom. The van der Waals surface area contributed by atoms with Gasteiger partial charge in [0.15, 0.2) is 0 Å². The van der Waals surface area contributed by atoms with Gasteiger partial charge in [-0.05, 0) is 120 Å². The molecule has 0 heteroatoms. The summed E-state index contributed by atoms with van der Waals surface area (Å²) in [5.74, 6) is 11.3. The van der Waals surface area contributed by atoms with Crippen molar-refractivity contribution in [2.45, 2.75) is 51.4 Å². The van der Waals surface area contributed by atoms with Gasteiger partial charge < -0.3 is 0 Å². The Kier molecular flexibility index (Phi) is 8.23. The number of hydrogen-bond acceptors (Lipinski definition) is 0. The molecule has 12 rings (SSSR count). The molecule has 4 aromatic carbocycles. The molecule has 0 N–H and O–H groups in total. The van der Waals surface area contributed by atoms with Gasteiger partial charge in [-0.1, -0.05) is 72.2 Å². The van der Waals surface area contributed by atoms with Crippen molar-refractivity contribution in [3.63, 3.8) is 0 Å². The minimum absolute atomic E-state index is 0.961. The third kappa shape index (κ3) is 6.06. The maximum Gasteiger partial charge on any atom is 0.0277 e. The lowest BCUT2D eigenvalue weighted by Gasteiger charge is -2.13. The van der Waals surface area contributed by atoms with Crippen LogP contribution in [0.5, 0.6) is 0 Å². The first-order chi connectivity index (χ1) is 19.6. The van der Waals surface area contributed by atoms with Gasteiger partial charge in [-0.15, -0.1) is 25.7 Å². The predicted octanol–water partition coefficient (Wildman–Crippen LogP) is 7.07. The highest BCUT2D eigenvalue weighted by Gasteiger charge is 2.10. The molecule has 0 atom stereocenters. The molecule has 192 valence electrons. The second-order valence-corrected chi connectivity index (χ2v) is 10.5. The van der Waals surface area contributed by atoms with E-state index in [1.54, 1.807) is 0 Å². The molecule has 8 bridgehead atoms. The third-order valence-electron chi connectivity index (χ3n) is 8.05. The molecule has 0 saturated heterocycles. The second-order valence-electron chi connectivity index (χ2n) is 10.5. The van der Waals surface area contributed by atoms with Gasteiger partial charge in [-0.2, -0.15) is 0 Å². The fourth-order valence-electron chi connectivity index (χ4n) is 5.64. The normalized spacial score (nSPS) is 13.1. The molecular formula is C40H32. The largest absolute Gasteiger partial charge is 0.115 e. The molecule has 0 amide bonds. The van der Waals surface area contributed by atoms with Gasteiger partial charge in [0.1, 0.15) is 0 Å². The Bertz CT molecular complexity index is 1470. The van der Waals surface area contributed by atoms with Gasteiger partial charge in [0.2, 0.25) is 0 Å². The summed E-state index contributed by atoms with van der Waals surface area (Å²) >= 11 is 0. The molecule has 8 aliphatic rings. The van der Waals surface area contributed by atoms with Crippen molar-refractivity contribution in [1.29, 1.82) is 0 Å². The highest BCUT2D eigenvalue weighted by atomic mass is 14.1. The first kappa shape index (κ1) is 26.7. The molecule has 4 aromatic rings. The quantitative estimate of drug-likeness (QED) is 0.221. The van der Waals surface area contributed by atoms with Crippen LogP contribution >= 0.6 is 0 Å². The average Bonchev–Trinajstić information content (AvgIpc) is 2.99. The predicted molar refractivity (Wildman–Crippen MR) is 167 cm³/mol. The lowest BCUT2D eigenvalue weighted by atomic mass is 9.91. The zero-order chi connectivity index (χ0) is 27.9. The highest BCUT2D eigenvalue weighted by Crippen LogP contribution is 2.22. The molecular weight excluding hydrogens is 480 g/mol. The van der Waals surface area contributed by atoms with Gasteiger partial charge in [0.25, 0.3) is 0 Å². The first-order valence-electron chi connectivity index (χ1n) is 13.9. The summed E-state index contributed by atoms with van der Waals surface area (Å²) in [4.78, 5) is 0. The molecule has 0 aromatic heterocycles. The third-order valence-corrected chi connectivity index (χ3v) is 8.05. The van der Waals surface area contributed by atoms with Crippen LogP contribution in [0.25, 0.3) is 0 Å². The number of aryl methyl sites for hydroxylation is 8. The molecule has 0 heterocycles. The summed E-state index contributed by atoms with van der Waals surface area (Å²) in [5, 5.41) is 0. The van der Waals surface area contributed by atoms with E-state index in [0.717, 1.165) is 73.6 Å². The van der Waals surface area contributed by atoms with Gasteiger partial charge in [-0.25, -0.2) is 0 Å². The molecule has 0 aliphatic heterocycles. The summed E-state index contributed by atoms with van der Waals surface area (Å²) in [7, 11) is 0. The van der Waals surface area contributed by atoms with Crippen LogP contribution < -0.4 is 0 Å². The first-order valence-corrected chi connectivity index (χ1v) is 13.9. The second kappa shape index (κ2) is 12.3. The number of hydrogen-bond donors (Lipinski definition) is 0. The van der Waals surface area contributed by atoms with E-state index in [9.17, 15) is 0 Å². The molecule has 0 unspecified atom stereocenters. The van der Waals surface area contributed by atoms with Crippen molar-refractivity contribution in [2.24, 2.45) is 0 Å². The Morgan fingerprint density at radius 2 is 0.550 bits per heavy atom. The van der Waals surface area contributed by atoms with Crippen molar-refractivity contribution in [3.05, 3.63) is 140 Å².